The van der Waals surface area contributed by atoms with Gasteiger partial charge in [0.25, 0.3) is 11.8 Å². The highest BCUT2D eigenvalue weighted by Crippen LogP contribution is 2.39. The SMILES string of the molecule is O=C(CCc1nnc(C2CC2)o1)ON1C(=O)c2ccccc2C1=O. The van der Waals surface area contributed by atoms with Gasteiger partial charge in [-0.15, -0.1) is 10.2 Å². The molecule has 0 radical (unpaired) electrons. The summed E-state index contributed by atoms with van der Waals surface area (Å²) >= 11 is 0. The Morgan fingerprint density at radius 1 is 1.17 bits per heavy atom. The average molecular weight is 327 g/mol. The predicted octanol–water partition coefficient (Wildman–Crippen LogP) is 1.63. The van der Waals surface area contributed by atoms with Crippen molar-refractivity contribution >= 4 is 17.8 Å². The van der Waals surface area contributed by atoms with Gasteiger partial charge in [0, 0.05) is 12.3 Å². The molecule has 24 heavy (non-hydrogen) atoms. The highest BCUT2D eigenvalue weighted by atomic mass is 16.7. The third kappa shape index (κ3) is 2.55. The maximum atomic E-state index is 12.1. The molecular formula is C16H13N3O5. The van der Waals surface area contributed by atoms with Crippen LogP contribution in [0.15, 0.2) is 28.7 Å². The van der Waals surface area contributed by atoms with Gasteiger partial charge in [-0.25, -0.2) is 4.79 Å². The Morgan fingerprint density at radius 2 is 1.83 bits per heavy atom. The lowest BCUT2D eigenvalue weighted by atomic mass is 10.1. The van der Waals surface area contributed by atoms with Gasteiger partial charge in [0.15, 0.2) is 0 Å². The zero-order chi connectivity index (χ0) is 16.7. The summed E-state index contributed by atoms with van der Waals surface area (Å²) in [5.41, 5.74) is 0.447. The van der Waals surface area contributed by atoms with E-state index in [0.29, 0.717) is 22.8 Å². The summed E-state index contributed by atoms with van der Waals surface area (Å²) < 4.78 is 5.44. The minimum absolute atomic E-state index is 0.0697. The van der Waals surface area contributed by atoms with E-state index < -0.39 is 17.8 Å². The Bertz CT molecular complexity index is 805. The highest BCUT2D eigenvalue weighted by molar-refractivity contribution is 6.20. The second-order valence-corrected chi connectivity index (χ2v) is 5.72. The van der Waals surface area contributed by atoms with Crippen LogP contribution in [-0.4, -0.2) is 33.0 Å². The molecule has 1 saturated carbocycles. The fraction of sp³-hybridized carbons (Fsp3) is 0.312. The lowest BCUT2D eigenvalue weighted by molar-refractivity contribution is -0.168. The van der Waals surface area contributed by atoms with Crippen LogP contribution in [0.4, 0.5) is 0 Å². The molecule has 1 aliphatic carbocycles. The minimum Gasteiger partial charge on any atom is -0.425 e. The fourth-order valence-electron chi connectivity index (χ4n) is 2.47. The predicted molar refractivity (Wildman–Crippen MR) is 77.6 cm³/mol. The molecule has 2 aliphatic rings. The van der Waals surface area contributed by atoms with Crippen molar-refractivity contribution in [2.24, 2.45) is 0 Å². The van der Waals surface area contributed by atoms with Gasteiger partial charge in [-0.1, -0.05) is 17.2 Å². The van der Waals surface area contributed by atoms with E-state index in [9.17, 15) is 14.4 Å². The van der Waals surface area contributed by atoms with Crippen LogP contribution in [0.1, 0.15) is 57.7 Å². The van der Waals surface area contributed by atoms with E-state index in [1.165, 1.54) is 12.1 Å². The van der Waals surface area contributed by atoms with Gasteiger partial charge in [-0.2, -0.15) is 0 Å². The Morgan fingerprint density at radius 3 is 2.46 bits per heavy atom. The molecule has 8 nitrogen and oxygen atoms in total. The van der Waals surface area contributed by atoms with Gasteiger partial charge < -0.3 is 9.25 Å². The summed E-state index contributed by atoms with van der Waals surface area (Å²) in [4.78, 5) is 41.0. The smallest absolute Gasteiger partial charge is 0.333 e. The average Bonchev–Trinajstić information content (AvgIpc) is 3.29. The lowest BCUT2D eigenvalue weighted by Gasteiger charge is -2.12. The van der Waals surface area contributed by atoms with Gasteiger partial charge in [-0.3, -0.25) is 9.59 Å². The molecule has 2 amide bonds. The van der Waals surface area contributed by atoms with Crippen molar-refractivity contribution in [1.82, 2.24) is 15.3 Å². The molecular weight excluding hydrogens is 314 g/mol. The summed E-state index contributed by atoms with van der Waals surface area (Å²) in [6, 6.07) is 6.31. The van der Waals surface area contributed by atoms with Crippen LogP contribution in [0.25, 0.3) is 0 Å². The number of aromatic nitrogens is 2. The molecule has 2 aromatic rings. The molecule has 0 atom stereocenters. The number of benzene rings is 1. The van der Waals surface area contributed by atoms with E-state index in [1.54, 1.807) is 12.1 Å². The first-order valence-electron chi connectivity index (χ1n) is 7.64. The van der Waals surface area contributed by atoms with Crippen molar-refractivity contribution in [1.29, 1.82) is 0 Å². The fourth-order valence-corrected chi connectivity index (χ4v) is 2.47. The van der Waals surface area contributed by atoms with Gasteiger partial charge >= 0.3 is 5.97 Å². The third-order valence-corrected chi connectivity index (χ3v) is 3.90. The van der Waals surface area contributed by atoms with Crippen LogP contribution in [0.3, 0.4) is 0 Å². The first-order chi connectivity index (χ1) is 11.6. The molecule has 0 N–H and O–H groups in total. The normalized spacial score (nSPS) is 16.4. The Hall–Kier alpha value is -3.03. The minimum atomic E-state index is -0.712. The van der Waals surface area contributed by atoms with E-state index in [2.05, 4.69) is 10.2 Å². The van der Waals surface area contributed by atoms with Crippen LogP contribution >= 0.6 is 0 Å². The summed E-state index contributed by atoms with van der Waals surface area (Å²) in [7, 11) is 0. The highest BCUT2D eigenvalue weighted by Gasteiger charge is 2.38. The van der Waals surface area contributed by atoms with E-state index in [4.69, 9.17) is 9.25 Å². The van der Waals surface area contributed by atoms with Gasteiger partial charge in [-0.05, 0) is 25.0 Å². The molecule has 1 aliphatic heterocycles. The Kier molecular flexibility index (Phi) is 3.37. The second kappa shape index (κ2) is 5.55. The zero-order valence-electron chi connectivity index (χ0n) is 12.6. The maximum Gasteiger partial charge on any atom is 0.333 e. The van der Waals surface area contributed by atoms with Crippen molar-refractivity contribution in [2.45, 2.75) is 31.6 Å². The molecule has 0 bridgehead atoms. The number of imide groups is 1. The van der Waals surface area contributed by atoms with Crippen molar-refractivity contribution in [3.8, 4) is 0 Å². The molecule has 4 rings (SSSR count). The largest absolute Gasteiger partial charge is 0.425 e. The standard InChI is InChI=1S/C16H13N3O5/c20-13(8-7-12-17-18-14(23-12)9-5-6-9)24-19-15(21)10-3-1-2-4-11(10)16(19)22/h1-4,9H,5-8H2. The monoisotopic (exact) mass is 327 g/mol. The molecule has 0 saturated heterocycles. The van der Waals surface area contributed by atoms with Crippen LogP contribution in [0.2, 0.25) is 0 Å². The Balaban J connectivity index is 1.36. The number of hydroxylamine groups is 2. The summed E-state index contributed by atoms with van der Waals surface area (Å²) in [6.45, 7) is 0. The number of carbonyl (C=O) groups is 3. The number of hydrogen-bond donors (Lipinski definition) is 0. The number of fused-ring (bicyclic) bond motifs is 1. The number of rotatable bonds is 5. The first kappa shape index (κ1) is 14.6. The Labute approximate surface area is 136 Å². The number of nitrogens with zero attached hydrogens (tertiary/aromatic N) is 3. The molecule has 2 heterocycles. The van der Waals surface area contributed by atoms with E-state index in [-0.39, 0.29) is 24.0 Å². The van der Waals surface area contributed by atoms with Crippen LogP contribution in [0, 0.1) is 0 Å². The van der Waals surface area contributed by atoms with E-state index >= 15 is 0 Å². The van der Waals surface area contributed by atoms with Gasteiger partial charge in [0.05, 0.1) is 17.5 Å². The lowest BCUT2D eigenvalue weighted by Crippen LogP contribution is -2.32. The maximum absolute atomic E-state index is 12.1. The van der Waals surface area contributed by atoms with Crippen LogP contribution in [-0.2, 0) is 16.1 Å². The summed E-state index contributed by atoms with van der Waals surface area (Å²) in [6.07, 6.45) is 2.22. The third-order valence-electron chi connectivity index (χ3n) is 3.90. The number of aryl methyl sites for hydroxylation is 1. The summed E-state index contributed by atoms with van der Waals surface area (Å²) in [5, 5.41) is 8.29. The van der Waals surface area contributed by atoms with Gasteiger partial charge in [0.1, 0.15) is 0 Å². The van der Waals surface area contributed by atoms with Crippen LogP contribution < -0.4 is 0 Å². The summed E-state index contributed by atoms with van der Waals surface area (Å²) in [5.74, 6) is -0.710. The zero-order valence-corrected chi connectivity index (χ0v) is 12.6. The number of hydrogen-bond acceptors (Lipinski definition) is 7. The molecule has 0 unspecified atom stereocenters. The van der Waals surface area contributed by atoms with E-state index in [0.717, 1.165) is 12.8 Å². The van der Waals surface area contributed by atoms with E-state index in [1.807, 2.05) is 0 Å². The van der Waals surface area contributed by atoms with Crippen LogP contribution in [0.5, 0.6) is 0 Å². The molecule has 1 aromatic carbocycles. The molecule has 8 heteroatoms. The van der Waals surface area contributed by atoms with Gasteiger partial charge in [0.2, 0.25) is 11.8 Å². The quantitative estimate of drug-likeness (QED) is 0.769. The molecule has 1 aromatic heterocycles. The number of carbonyl (C=O) groups excluding carboxylic acids is 3. The molecule has 0 spiro atoms. The van der Waals surface area contributed by atoms with Crippen molar-refractivity contribution in [3.63, 3.8) is 0 Å². The van der Waals surface area contributed by atoms with Crippen molar-refractivity contribution in [3.05, 3.63) is 47.2 Å². The van der Waals surface area contributed by atoms with Crippen molar-refractivity contribution < 1.29 is 23.6 Å². The first-order valence-corrected chi connectivity index (χ1v) is 7.64. The topological polar surface area (TPSA) is 103 Å². The number of amides is 2. The second-order valence-electron chi connectivity index (χ2n) is 5.72. The molecule has 1 fully saturated rings. The van der Waals surface area contributed by atoms with Crippen molar-refractivity contribution in [2.75, 3.05) is 0 Å². The molecule has 122 valence electrons.